The lowest BCUT2D eigenvalue weighted by molar-refractivity contribution is -0.109. The maximum atomic E-state index is 10.8. The molecule has 226 valence electrons. The highest BCUT2D eigenvalue weighted by molar-refractivity contribution is 6.61. The predicted octanol–water partition coefficient (Wildman–Crippen LogP) is 5.23. The third kappa shape index (κ3) is 17.3. The van der Waals surface area contributed by atoms with Gasteiger partial charge in [-0.3, -0.25) is 9.80 Å². The molecule has 7 nitrogen and oxygen atoms in total. The number of hydrogen-bond donors (Lipinski definition) is 1. The van der Waals surface area contributed by atoms with Crippen molar-refractivity contribution >= 4 is 31.7 Å². The van der Waals surface area contributed by atoms with Crippen molar-refractivity contribution in [2.75, 3.05) is 41.0 Å². The Morgan fingerprint density at radius 1 is 1.05 bits per heavy atom. The van der Waals surface area contributed by atoms with Crippen LogP contribution in [0, 0.1) is 6.92 Å². The van der Waals surface area contributed by atoms with E-state index >= 15 is 0 Å². The van der Waals surface area contributed by atoms with Crippen molar-refractivity contribution < 1.29 is 24.0 Å². The summed E-state index contributed by atoms with van der Waals surface area (Å²) in [4.78, 5) is 22.5. The summed E-state index contributed by atoms with van der Waals surface area (Å²) < 4.78 is 11.3. The first kappa shape index (κ1) is 40.0. The number of carbonyl (C=O) groups is 2. The van der Waals surface area contributed by atoms with Gasteiger partial charge in [0.25, 0.3) is 0 Å². The minimum absolute atomic E-state index is 0.292. The molecule has 0 saturated heterocycles. The Morgan fingerprint density at radius 3 is 2.24 bits per heavy atom. The minimum atomic E-state index is -0.565. The summed E-state index contributed by atoms with van der Waals surface area (Å²) in [6.45, 7) is 18.7. The number of carbonyl (C=O) groups excluding carboxylic acids is 2. The highest BCUT2D eigenvalue weighted by Gasteiger charge is 2.21. The fourth-order valence-corrected chi connectivity index (χ4v) is 3.63. The molecule has 0 heterocycles. The summed E-state index contributed by atoms with van der Waals surface area (Å²) >= 11 is 0. The standard InChI is InChI=1S/C26H37BN2O4.C4H6.C2H6.CH2O/c1-6-7-10-23-12-13-24(16-21(23)2)26(31)19-29(4)18-22-9-8-11-25(17-22)27(32-5)33-20-28(3)14-15-30;1-3-4-2;2*1-2/h7-13,15-17,26,31H,6,14,18-20H2,1-5H3;3-4H,1-2H2;1-2H3;1H2/b10-7-;;;. The maximum Gasteiger partial charge on any atom is 0.494 e. The molecule has 1 atom stereocenters. The van der Waals surface area contributed by atoms with Gasteiger partial charge in [-0.05, 0) is 55.2 Å². The second-order valence-electron chi connectivity index (χ2n) is 8.92. The number of aliphatic hydroxyl groups is 1. The largest absolute Gasteiger partial charge is 0.494 e. The molecule has 0 aliphatic heterocycles. The number of benzene rings is 2. The van der Waals surface area contributed by atoms with E-state index in [1.165, 1.54) is 5.56 Å². The molecule has 2 rings (SSSR count). The van der Waals surface area contributed by atoms with Crippen LogP contribution in [-0.4, -0.2) is 76.1 Å². The molecule has 0 spiro atoms. The monoisotopic (exact) mass is 566 g/mol. The van der Waals surface area contributed by atoms with E-state index < -0.39 is 13.2 Å². The smallest absolute Gasteiger partial charge is 0.410 e. The molecule has 0 fully saturated rings. The SMILES string of the molecule is C=CC=C.C=O.CC.CC/C=C\c1ccc(C(O)CN(C)Cc2cccc(B(OC)OCN(C)CC=O)c2)cc1C. The van der Waals surface area contributed by atoms with E-state index in [9.17, 15) is 9.90 Å². The van der Waals surface area contributed by atoms with Crippen molar-refractivity contribution in [1.29, 1.82) is 0 Å². The molecule has 0 saturated carbocycles. The van der Waals surface area contributed by atoms with Crippen molar-refractivity contribution in [2.45, 2.75) is 46.8 Å². The van der Waals surface area contributed by atoms with Crippen LogP contribution in [0.4, 0.5) is 0 Å². The molecule has 2 aromatic rings. The van der Waals surface area contributed by atoms with Crippen molar-refractivity contribution in [2.24, 2.45) is 0 Å². The van der Waals surface area contributed by atoms with E-state index in [2.05, 4.69) is 68.3 Å². The van der Waals surface area contributed by atoms with Gasteiger partial charge in [-0.2, -0.15) is 0 Å². The molecule has 0 aromatic heterocycles. The molecule has 0 amide bonds. The zero-order valence-electron chi connectivity index (χ0n) is 26.2. The van der Waals surface area contributed by atoms with Crippen LogP contribution >= 0.6 is 0 Å². The third-order valence-corrected chi connectivity index (χ3v) is 5.59. The van der Waals surface area contributed by atoms with Crippen LogP contribution in [0.1, 0.15) is 55.5 Å². The molecular weight excluding hydrogens is 515 g/mol. The normalized spacial score (nSPS) is 10.9. The number of allylic oxidation sites excluding steroid dienone is 3. The number of rotatable bonds is 15. The Labute approximate surface area is 249 Å². The average Bonchev–Trinajstić information content (AvgIpc) is 2.99. The van der Waals surface area contributed by atoms with E-state index in [0.29, 0.717) is 26.4 Å². The lowest BCUT2D eigenvalue weighted by Crippen LogP contribution is -2.40. The summed E-state index contributed by atoms with van der Waals surface area (Å²) in [5.74, 6) is 0. The van der Waals surface area contributed by atoms with E-state index in [-0.39, 0.29) is 0 Å². The van der Waals surface area contributed by atoms with Crippen LogP contribution in [0.15, 0.2) is 73.9 Å². The summed E-state index contributed by atoms with van der Waals surface area (Å²) in [6.07, 6.45) is 8.83. The Bertz CT molecular complexity index is 1010. The lowest BCUT2D eigenvalue weighted by Gasteiger charge is -2.22. The van der Waals surface area contributed by atoms with Crippen LogP contribution in [0.2, 0.25) is 0 Å². The first-order valence-corrected chi connectivity index (χ1v) is 13.8. The second-order valence-corrected chi connectivity index (χ2v) is 8.92. The lowest BCUT2D eigenvalue weighted by atomic mass is 9.78. The Morgan fingerprint density at radius 2 is 1.71 bits per heavy atom. The summed E-state index contributed by atoms with van der Waals surface area (Å²) in [5.41, 5.74) is 5.29. The fraction of sp³-hybridized carbons (Fsp3) is 0.394. The highest BCUT2D eigenvalue weighted by atomic mass is 16.6. The number of aldehydes is 1. The van der Waals surface area contributed by atoms with E-state index in [0.717, 1.165) is 34.9 Å². The summed E-state index contributed by atoms with van der Waals surface area (Å²) in [7, 11) is 4.90. The number of likely N-dealkylation sites (N-methyl/N-ethyl adjacent to an activating group) is 2. The van der Waals surface area contributed by atoms with Crippen LogP contribution in [-0.2, 0) is 25.4 Å². The molecule has 0 aliphatic carbocycles. The number of nitrogens with zero attached hydrogens (tertiary/aromatic N) is 2. The zero-order chi connectivity index (χ0) is 31.6. The van der Waals surface area contributed by atoms with Gasteiger partial charge in [-0.15, -0.1) is 0 Å². The highest BCUT2D eigenvalue weighted by Crippen LogP contribution is 2.20. The first-order valence-electron chi connectivity index (χ1n) is 13.8. The van der Waals surface area contributed by atoms with Crippen molar-refractivity contribution in [3.8, 4) is 0 Å². The van der Waals surface area contributed by atoms with Crippen molar-refractivity contribution in [3.63, 3.8) is 0 Å². The Balaban J connectivity index is 0. The van der Waals surface area contributed by atoms with Crippen LogP contribution in [0.3, 0.4) is 0 Å². The third-order valence-electron chi connectivity index (χ3n) is 5.59. The first-order chi connectivity index (χ1) is 19.8. The molecule has 2 aromatic carbocycles. The van der Waals surface area contributed by atoms with Gasteiger partial charge in [0.2, 0.25) is 0 Å². The van der Waals surface area contributed by atoms with Crippen LogP contribution < -0.4 is 5.46 Å². The van der Waals surface area contributed by atoms with Crippen molar-refractivity contribution in [3.05, 3.63) is 96.1 Å². The van der Waals surface area contributed by atoms with Crippen LogP contribution in [0.25, 0.3) is 6.08 Å². The van der Waals surface area contributed by atoms with Gasteiger partial charge in [0, 0.05) is 20.2 Å². The number of aliphatic hydroxyl groups excluding tert-OH is 1. The van der Waals surface area contributed by atoms with Gasteiger partial charge in [-0.25, -0.2) is 0 Å². The van der Waals surface area contributed by atoms with Gasteiger partial charge in [-0.1, -0.05) is 101 Å². The van der Waals surface area contributed by atoms with E-state index in [1.807, 2.05) is 52.9 Å². The predicted molar refractivity (Wildman–Crippen MR) is 174 cm³/mol. The molecule has 1 unspecified atom stereocenters. The molecule has 8 heteroatoms. The Hall–Kier alpha value is -3.14. The van der Waals surface area contributed by atoms with Crippen molar-refractivity contribution in [1.82, 2.24) is 9.80 Å². The van der Waals surface area contributed by atoms with Gasteiger partial charge < -0.3 is 24.0 Å². The second kappa shape index (κ2) is 25.8. The fourth-order valence-electron chi connectivity index (χ4n) is 3.63. The number of hydrogen-bond acceptors (Lipinski definition) is 7. The molecule has 0 bridgehead atoms. The zero-order valence-corrected chi connectivity index (χ0v) is 26.2. The molecule has 41 heavy (non-hydrogen) atoms. The molecule has 1 N–H and O–H groups in total. The Kier molecular flexibility index (Phi) is 25.2. The van der Waals surface area contributed by atoms with Crippen LogP contribution in [0.5, 0.6) is 0 Å². The van der Waals surface area contributed by atoms with E-state index in [4.69, 9.17) is 14.1 Å². The number of aryl methyl sites for hydroxylation is 1. The van der Waals surface area contributed by atoms with Gasteiger partial charge in [0.15, 0.2) is 0 Å². The molecule has 0 aliphatic rings. The summed E-state index contributed by atoms with van der Waals surface area (Å²) in [5, 5.41) is 10.8. The minimum Gasteiger partial charge on any atom is -0.410 e. The quantitative estimate of drug-likeness (QED) is 0.137. The average molecular weight is 567 g/mol. The van der Waals surface area contributed by atoms with Gasteiger partial charge in [0.1, 0.15) is 13.1 Å². The van der Waals surface area contributed by atoms with Gasteiger partial charge >= 0.3 is 7.12 Å². The summed E-state index contributed by atoms with van der Waals surface area (Å²) in [6, 6.07) is 14.2. The van der Waals surface area contributed by atoms with Gasteiger partial charge in [0.05, 0.1) is 19.4 Å². The molecule has 0 radical (unpaired) electrons. The van der Waals surface area contributed by atoms with E-state index in [1.54, 1.807) is 24.2 Å². The topological polar surface area (TPSA) is 79.3 Å². The maximum absolute atomic E-state index is 10.8. The molecular formula is C33H51BN2O5.